The minimum atomic E-state index is 0.855. The Morgan fingerprint density at radius 3 is 2.94 bits per heavy atom. The van der Waals surface area contributed by atoms with Crippen LogP contribution in [-0.4, -0.2) is 26.8 Å². The molecule has 0 unspecified atom stereocenters. The third kappa shape index (κ3) is 1.97. The van der Waals surface area contributed by atoms with Gasteiger partial charge in [-0.2, -0.15) is 0 Å². The van der Waals surface area contributed by atoms with Crippen molar-refractivity contribution in [2.45, 2.75) is 6.42 Å². The lowest BCUT2D eigenvalue weighted by Gasteiger charge is -2.04. The molecule has 2 aromatic heterocycles. The van der Waals surface area contributed by atoms with Gasteiger partial charge in [0.05, 0.1) is 23.9 Å². The Labute approximate surface area is 106 Å². The minimum Gasteiger partial charge on any atom is -0.334 e. The molecule has 0 spiro atoms. The molecule has 3 rings (SSSR count). The zero-order valence-electron chi connectivity index (χ0n) is 10.2. The van der Waals surface area contributed by atoms with Gasteiger partial charge in [0.1, 0.15) is 0 Å². The lowest BCUT2D eigenvalue weighted by molar-refractivity contribution is 0.901. The van der Waals surface area contributed by atoms with Crippen molar-refractivity contribution in [2.75, 3.05) is 6.54 Å². The summed E-state index contributed by atoms with van der Waals surface area (Å²) in [5.74, 6) is 0. The van der Waals surface area contributed by atoms with E-state index < -0.39 is 0 Å². The maximum atomic E-state index is 4.58. The summed E-state index contributed by atoms with van der Waals surface area (Å²) in [7, 11) is 2.00. The summed E-state index contributed by atoms with van der Waals surface area (Å²) in [4.78, 5) is 12.9. The van der Waals surface area contributed by atoms with Crippen LogP contribution < -0.4 is 0 Å². The standard InChI is InChI=1S/C14H14N4/c1-18-10-16-9-13(18)7-11-4-6-17-14(11)12-3-2-5-15-8-12/h2-3,5,7-10H,4,6H2,1H3/b11-7+. The van der Waals surface area contributed by atoms with Crippen LogP contribution >= 0.6 is 0 Å². The highest BCUT2D eigenvalue weighted by Gasteiger charge is 2.15. The summed E-state index contributed by atoms with van der Waals surface area (Å²) in [5.41, 5.74) is 4.50. The summed E-state index contributed by atoms with van der Waals surface area (Å²) in [6.45, 7) is 0.855. The first-order valence-corrected chi connectivity index (χ1v) is 5.97. The third-order valence-corrected chi connectivity index (χ3v) is 3.07. The molecule has 0 bridgehead atoms. The molecule has 2 aromatic rings. The van der Waals surface area contributed by atoms with Gasteiger partial charge >= 0.3 is 0 Å². The lowest BCUT2D eigenvalue weighted by atomic mass is 10.0. The second kappa shape index (κ2) is 4.56. The summed E-state index contributed by atoms with van der Waals surface area (Å²) < 4.78 is 2.01. The number of imidazole rings is 1. The number of aryl methyl sites for hydroxylation is 1. The van der Waals surface area contributed by atoms with Gasteiger partial charge in [-0.25, -0.2) is 4.98 Å². The molecule has 0 aromatic carbocycles. The van der Waals surface area contributed by atoms with Gasteiger partial charge in [0.25, 0.3) is 0 Å². The normalized spacial score (nSPS) is 17.2. The van der Waals surface area contributed by atoms with Gasteiger partial charge in [-0.3, -0.25) is 9.98 Å². The number of nitrogens with zero attached hydrogens (tertiary/aromatic N) is 4. The van der Waals surface area contributed by atoms with E-state index in [-0.39, 0.29) is 0 Å². The Morgan fingerprint density at radius 2 is 2.22 bits per heavy atom. The maximum Gasteiger partial charge on any atom is 0.0948 e. The van der Waals surface area contributed by atoms with Gasteiger partial charge in [-0.15, -0.1) is 0 Å². The van der Waals surface area contributed by atoms with Gasteiger partial charge in [0.2, 0.25) is 0 Å². The van der Waals surface area contributed by atoms with E-state index in [1.807, 2.05) is 42.5 Å². The van der Waals surface area contributed by atoms with Crippen molar-refractivity contribution >= 4 is 11.8 Å². The molecule has 0 aliphatic carbocycles. The Bertz CT molecular complexity index is 608. The molecule has 0 saturated heterocycles. The van der Waals surface area contributed by atoms with E-state index in [1.165, 1.54) is 5.57 Å². The first-order chi connectivity index (χ1) is 8.84. The van der Waals surface area contributed by atoms with E-state index in [9.17, 15) is 0 Å². The molecule has 3 heterocycles. The Kier molecular flexibility index (Phi) is 2.76. The van der Waals surface area contributed by atoms with Crippen LogP contribution in [-0.2, 0) is 7.05 Å². The molecule has 0 saturated carbocycles. The number of aliphatic imine (C=N–C) groups is 1. The monoisotopic (exact) mass is 238 g/mol. The lowest BCUT2D eigenvalue weighted by Crippen LogP contribution is -2.01. The molecular formula is C14H14N4. The highest BCUT2D eigenvalue weighted by atomic mass is 15.0. The van der Waals surface area contributed by atoms with Crippen molar-refractivity contribution in [1.82, 2.24) is 14.5 Å². The summed E-state index contributed by atoms with van der Waals surface area (Å²) >= 11 is 0. The third-order valence-electron chi connectivity index (χ3n) is 3.07. The van der Waals surface area contributed by atoms with Crippen LogP contribution in [0.5, 0.6) is 0 Å². The topological polar surface area (TPSA) is 43.1 Å². The average Bonchev–Trinajstić information content (AvgIpc) is 3.01. The largest absolute Gasteiger partial charge is 0.334 e. The fourth-order valence-electron chi connectivity index (χ4n) is 2.11. The molecule has 1 aliphatic heterocycles. The van der Waals surface area contributed by atoms with Crippen molar-refractivity contribution in [2.24, 2.45) is 12.0 Å². The van der Waals surface area contributed by atoms with Crippen molar-refractivity contribution in [3.63, 3.8) is 0 Å². The zero-order valence-corrected chi connectivity index (χ0v) is 10.2. The molecule has 90 valence electrons. The van der Waals surface area contributed by atoms with Crippen molar-refractivity contribution in [3.8, 4) is 0 Å². The van der Waals surface area contributed by atoms with E-state index in [4.69, 9.17) is 0 Å². The second-order valence-corrected chi connectivity index (χ2v) is 4.32. The van der Waals surface area contributed by atoms with E-state index in [0.29, 0.717) is 0 Å². The van der Waals surface area contributed by atoms with E-state index in [0.717, 1.165) is 29.9 Å². The molecule has 0 atom stereocenters. The fourth-order valence-corrected chi connectivity index (χ4v) is 2.11. The number of hydrogen-bond donors (Lipinski definition) is 0. The molecule has 0 radical (unpaired) electrons. The van der Waals surface area contributed by atoms with Gasteiger partial charge < -0.3 is 4.57 Å². The maximum absolute atomic E-state index is 4.58. The molecule has 1 aliphatic rings. The van der Waals surface area contributed by atoms with Crippen LogP contribution in [0.25, 0.3) is 6.08 Å². The number of rotatable bonds is 2. The Balaban J connectivity index is 1.97. The van der Waals surface area contributed by atoms with Crippen molar-refractivity contribution in [3.05, 3.63) is 53.9 Å². The van der Waals surface area contributed by atoms with Crippen LogP contribution in [0.4, 0.5) is 0 Å². The molecule has 0 amide bonds. The highest BCUT2D eigenvalue weighted by molar-refractivity contribution is 6.15. The Hall–Kier alpha value is -2.23. The van der Waals surface area contributed by atoms with Crippen LogP contribution in [0.15, 0.2) is 47.6 Å². The second-order valence-electron chi connectivity index (χ2n) is 4.32. The smallest absolute Gasteiger partial charge is 0.0948 e. The fraction of sp³-hybridized carbons (Fsp3) is 0.214. The summed E-state index contributed by atoms with van der Waals surface area (Å²) in [5, 5.41) is 0. The SMILES string of the molecule is Cn1cncc1/C=C1\CCN=C1c1cccnc1. The summed E-state index contributed by atoms with van der Waals surface area (Å²) in [6.07, 6.45) is 10.5. The van der Waals surface area contributed by atoms with Crippen LogP contribution in [0, 0.1) is 0 Å². The minimum absolute atomic E-state index is 0.855. The first-order valence-electron chi connectivity index (χ1n) is 5.97. The number of aromatic nitrogens is 3. The van der Waals surface area contributed by atoms with Gasteiger partial charge in [0, 0.05) is 31.5 Å². The zero-order chi connectivity index (χ0) is 12.4. The van der Waals surface area contributed by atoms with Crippen molar-refractivity contribution < 1.29 is 0 Å². The predicted molar refractivity (Wildman–Crippen MR) is 71.4 cm³/mol. The average molecular weight is 238 g/mol. The van der Waals surface area contributed by atoms with Crippen LogP contribution in [0.2, 0.25) is 0 Å². The predicted octanol–water partition coefficient (Wildman–Crippen LogP) is 2.09. The Morgan fingerprint density at radius 1 is 1.28 bits per heavy atom. The van der Waals surface area contributed by atoms with Gasteiger partial charge in [-0.1, -0.05) is 0 Å². The molecule has 18 heavy (non-hydrogen) atoms. The number of pyridine rings is 1. The quantitative estimate of drug-likeness (QED) is 0.804. The van der Waals surface area contributed by atoms with Crippen LogP contribution in [0.1, 0.15) is 17.7 Å². The van der Waals surface area contributed by atoms with Gasteiger partial charge in [-0.05, 0) is 30.2 Å². The van der Waals surface area contributed by atoms with E-state index in [2.05, 4.69) is 21.0 Å². The summed E-state index contributed by atoms with van der Waals surface area (Å²) in [6, 6.07) is 3.99. The first kappa shape index (κ1) is 10.9. The van der Waals surface area contributed by atoms with Crippen LogP contribution in [0.3, 0.4) is 0 Å². The number of hydrogen-bond acceptors (Lipinski definition) is 3. The molecule has 0 fully saturated rings. The molecule has 4 nitrogen and oxygen atoms in total. The molecular weight excluding hydrogens is 224 g/mol. The highest BCUT2D eigenvalue weighted by Crippen LogP contribution is 2.21. The van der Waals surface area contributed by atoms with E-state index in [1.54, 1.807) is 6.20 Å². The van der Waals surface area contributed by atoms with Crippen molar-refractivity contribution in [1.29, 1.82) is 0 Å². The molecule has 0 N–H and O–H groups in total. The molecule has 4 heteroatoms. The van der Waals surface area contributed by atoms with Gasteiger partial charge in [0.15, 0.2) is 0 Å². The van der Waals surface area contributed by atoms with E-state index >= 15 is 0 Å².